The van der Waals surface area contributed by atoms with Gasteiger partial charge in [-0.3, -0.25) is 0 Å². The summed E-state index contributed by atoms with van der Waals surface area (Å²) in [4.78, 5) is 0. The van der Waals surface area contributed by atoms with E-state index in [9.17, 15) is 0 Å². The van der Waals surface area contributed by atoms with Crippen molar-refractivity contribution in [1.82, 2.24) is 0 Å². The van der Waals surface area contributed by atoms with Gasteiger partial charge in [0.05, 0.1) is 0 Å². The minimum atomic E-state index is 0. The normalized spacial score (nSPS) is 12.0. The highest BCUT2D eigenvalue weighted by Gasteiger charge is 1.96. The van der Waals surface area contributed by atoms with Crippen molar-refractivity contribution in [3.8, 4) is 0 Å². The van der Waals surface area contributed by atoms with Gasteiger partial charge in [0.15, 0.2) is 0 Å². The molecule has 0 heterocycles. The number of hydrogen-bond acceptors (Lipinski definition) is 0. The van der Waals surface area contributed by atoms with Crippen molar-refractivity contribution in [3.63, 3.8) is 0 Å². The lowest BCUT2D eigenvalue weighted by Gasteiger charge is -1.67. The van der Waals surface area contributed by atoms with Crippen LogP contribution in [-0.4, -0.2) is 25.2 Å². The number of rotatable bonds is 0. The molecule has 9 radical (unpaired) electrons. The molecule has 3 rings (SSSR count). The van der Waals surface area contributed by atoms with Crippen molar-refractivity contribution < 1.29 is 0 Å². The van der Waals surface area contributed by atoms with Gasteiger partial charge in [0.2, 0.25) is 0 Å². The number of hydrogen-bond donors (Lipinski definition) is 0. The summed E-state index contributed by atoms with van der Waals surface area (Å²) in [5.74, 6) is 0. The fraction of sp³-hybridized carbons (Fsp3) is 1.00. The van der Waals surface area contributed by atoms with E-state index in [1.165, 1.54) is 96.3 Å². The van der Waals surface area contributed by atoms with Crippen molar-refractivity contribution in [2.24, 2.45) is 0 Å². The second kappa shape index (κ2) is 136. The van der Waals surface area contributed by atoms with Crippen molar-refractivity contribution in [3.05, 3.63) is 0 Å². The summed E-state index contributed by atoms with van der Waals surface area (Å²) >= 11 is 0. The summed E-state index contributed by atoms with van der Waals surface area (Å²) < 4.78 is 0. The standard InChI is InChI=1S/3C5H10.6C2H6.3CH4.3B/c3*1-2-4-5-3-1;6*1-2;;;;;;/h3*1-5H2;6*1-2H3;3*1H4;;;. The van der Waals surface area contributed by atoms with Crippen LogP contribution in [0.5, 0.6) is 0 Å². The predicted molar refractivity (Wildman–Crippen MR) is 175 cm³/mol. The van der Waals surface area contributed by atoms with Gasteiger partial charge in [-0.1, -0.05) is 202 Å². The molecule has 3 aliphatic carbocycles. The second-order valence-corrected chi connectivity index (χ2v) is 5.30. The van der Waals surface area contributed by atoms with Crippen LogP contribution in [0.15, 0.2) is 0 Å². The van der Waals surface area contributed by atoms with E-state index in [2.05, 4.69) is 0 Å². The minimum Gasteiger partial charge on any atom is -0.0776 e. The third-order valence-corrected chi connectivity index (χ3v) is 3.75. The fourth-order valence-electron chi connectivity index (χ4n) is 2.65. The molecule has 33 heavy (non-hydrogen) atoms. The summed E-state index contributed by atoms with van der Waals surface area (Å²) in [6.45, 7) is 24.0. The lowest BCUT2D eigenvalue weighted by atomic mass is 10.4. The average Bonchev–Trinajstić information content (AvgIpc) is 3.63. The summed E-state index contributed by atoms with van der Waals surface area (Å²) in [5, 5.41) is 0. The molecule has 3 fully saturated rings. The van der Waals surface area contributed by atoms with Crippen molar-refractivity contribution in [2.75, 3.05) is 0 Å². The summed E-state index contributed by atoms with van der Waals surface area (Å²) in [7, 11) is 0. The molecule has 0 aliphatic heterocycles. The maximum Gasteiger partial charge on any atom is 0 e. The Morgan fingerprint density at radius 3 is 0.242 bits per heavy atom. The molecular formula is C30H78B3. The minimum absolute atomic E-state index is 0. The van der Waals surface area contributed by atoms with Crippen molar-refractivity contribution in [1.29, 1.82) is 0 Å². The van der Waals surface area contributed by atoms with Crippen LogP contribution in [0.3, 0.4) is 0 Å². The summed E-state index contributed by atoms with van der Waals surface area (Å²) in [6, 6.07) is 0. The van der Waals surface area contributed by atoms with Crippen molar-refractivity contribution in [2.45, 2.75) is 202 Å². The van der Waals surface area contributed by atoms with E-state index >= 15 is 0 Å². The molecular weight excluding hydrogens is 393 g/mol. The molecule has 0 aromatic carbocycles. The third-order valence-electron chi connectivity index (χ3n) is 3.75. The van der Waals surface area contributed by atoms with E-state index in [1.807, 2.05) is 83.1 Å². The van der Waals surface area contributed by atoms with Gasteiger partial charge in [0.1, 0.15) is 0 Å². The molecule has 0 spiro atoms. The maximum atomic E-state index is 2.00. The van der Waals surface area contributed by atoms with Crippen molar-refractivity contribution >= 4 is 25.2 Å². The molecule has 0 amide bonds. The molecule has 0 saturated heterocycles. The van der Waals surface area contributed by atoms with Crippen LogP contribution in [-0.2, 0) is 0 Å². The summed E-state index contributed by atoms with van der Waals surface area (Å²) in [6.07, 6.45) is 22.5. The summed E-state index contributed by atoms with van der Waals surface area (Å²) in [5.41, 5.74) is 0. The molecule has 0 bridgehead atoms. The zero-order valence-corrected chi connectivity index (χ0v) is 24.3. The van der Waals surface area contributed by atoms with Crippen LogP contribution in [0.1, 0.15) is 202 Å². The molecule has 0 nitrogen and oxygen atoms in total. The van der Waals surface area contributed by atoms with E-state index in [1.54, 1.807) is 0 Å². The van der Waals surface area contributed by atoms with Gasteiger partial charge in [-0.25, -0.2) is 0 Å². The van der Waals surface area contributed by atoms with Gasteiger partial charge in [-0.2, -0.15) is 0 Å². The molecule has 3 saturated carbocycles. The van der Waals surface area contributed by atoms with E-state index in [-0.39, 0.29) is 47.5 Å². The van der Waals surface area contributed by atoms with Crippen LogP contribution in [0.2, 0.25) is 0 Å². The fourth-order valence-corrected chi connectivity index (χ4v) is 2.65. The largest absolute Gasteiger partial charge is 0.0776 e. The molecule has 0 unspecified atom stereocenters. The van der Waals surface area contributed by atoms with Gasteiger partial charge >= 0.3 is 0 Å². The Kier molecular flexibility index (Phi) is 315. The first-order valence-electron chi connectivity index (χ1n) is 13.5. The van der Waals surface area contributed by atoms with Crippen LogP contribution in [0, 0.1) is 0 Å². The molecule has 0 N–H and O–H groups in total. The Morgan fingerprint density at radius 1 is 0.182 bits per heavy atom. The molecule has 0 aromatic rings. The maximum absolute atomic E-state index is 2.00. The molecule has 0 atom stereocenters. The van der Waals surface area contributed by atoms with E-state index in [4.69, 9.17) is 0 Å². The predicted octanol–water partition coefficient (Wildman–Crippen LogP) is 12.8. The first-order chi connectivity index (χ1) is 13.5. The van der Waals surface area contributed by atoms with E-state index < -0.39 is 0 Å². The first-order valence-corrected chi connectivity index (χ1v) is 13.5. The van der Waals surface area contributed by atoms with Gasteiger partial charge in [0.25, 0.3) is 0 Å². The van der Waals surface area contributed by atoms with Crippen LogP contribution in [0.25, 0.3) is 0 Å². The highest BCUT2D eigenvalue weighted by molar-refractivity contribution is 5.76. The Hall–Kier alpha value is 0.195. The van der Waals surface area contributed by atoms with Gasteiger partial charge in [0, 0.05) is 25.2 Å². The third kappa shape index (κ3) is 127. The van der Waals surface area contributed by atoms with E-state index in [0.717, 1.165) is 0 Å². The Morgan fingerprint density at radius 2 is 0.212 bits per heavy atom. The van der Waals surface area contributed by atoms with E-state index in [0.29, 0.717) is 0 Å². The van der Waals surface area contributed by atoms with Crippen LogP contribution < -0.4 is 0 Å². The zero-order chi connectivity index (χ0) is 22.6. The first kappa shape index (κ1) is 76.6. The topological polar surface area (TPSA) is 0 Å². The lowest BCUT2D eigenvalue weighted by Crippen LogP contribution is -1.47. The van der Waals surface area contributed by atoms with Gasteiger partial charge < -0.3 is 0 Å². The van der Waals surface area contributed by atoms with Crippen LogP contribution >= 0.6 is 0 Å². The van der Waals surface area contributed by atoms with Crippen LogP contribution in [0.4, 0.5) is 0 Å². The highest BCUT2D eigenvalue weighted by Crippen LogP contribution is 2.16. The second-order valence-electron chi connectivity index (χ2n) is 5.30. The Balaban J connectivity index is -0.0000000153. The molecule has 207 valence electrons. The molecule has 3 heteroatoms. The SMILES string of the molecule is C.C.C.C1CCCC1.C1CCCC1.C1CCCC1.CC.CC.CC.CC.CC.CC.[B].[B].[B]. The Labute approximate surface area is 226 Å². The smallest absolute Gasteiger partial charge is 0 e. The quantitative estimate of drug-likeness (QED) is 0.308. The highest BCUT2D eigenvalue weighted by atomic mass is 14.0. The van der Waals surface area contributed by atoms with Gasteiger partial charge in [-0.05, 0) is 0 Å². The molecule has 3 aliphatic rings. The molecule has 0 aromatic heterocycles. The zero-order valence-electron chi connectivity index (χ0n) is 24.3. The monoisotopic (exact) mass is 472 g/mol. The Bertz CT molecular complexity index is 73.1. The van der Waals surface area contributed by atoms with Gasteiger partial charge in [-0.15, -0.1) is 0 Å². The average molecular weight is 471 g/mol. The lowest BCUT2D eigenvalue weighted by molar-refractivity contribution is 0.886.